The number of esters is 1. The second-order valence-corrected chi connectivity index (χ2v) is 7.51. The second kappa shape index (κ2) is 11.1. The highest BCUT2D eigenvalue weighted by Crippen LogP contribution is 2.28. The fraction of sp³-hybridized carbons (Fsp3) is 0.292. The van der Waals surface area contributed by atoms with Crippen molar-refractivity contribution in [3.8, 4) is 5.75 Å². The molecular formula is C24H28N4O5. The lowest BCUT2D eigenvalue weighted by Crippen LogP contribution is -2.48. The van der Waals surface area contributed by atoms with Crippen LogP contribution in [-0.4, -0.2) is 56.7 Å². The Morgan fingerprint density at radius 3 is 2.58 bits per heavy atom. The maximum absolute atomic E-state index is 12.8. The summed E-state index contributed by atoms with van der Waals surface area (Å²) in [6.07, 6.45) is 0. The maximum atomic E-state index is 12.8. The Hall–Kier alpha value is -3.85. The Bertz CT molecular complexity index is 1040. The molecule has 9 heteroatoms. The molecular weight excluding hydrogens is 424 g/mol. The number of carbonyl (C=O) groups excluding carboxylic acids is 3. The van der Waals surface area contributed by atoms with Crippen molar-refractivity contribution in [3.05, 3.63) is 71.4 Å². The summed E-state index contributed by atoms with van der Waals surface area (Å²) in [5.41, 5.74) is 2.07. The SMILES string of the molecule is CCOC(=O)C1=C(CN(C)CC(=O)Nc2cccc(OC)c2)NC(=O)NC1c1ccccc1. The maximum Gasteiger partial charge on any atom is 0.338 e. The summed E-state index contributed by atoms with van der Waals surface area (Å²) in [7, 11) is 3.28. The molecule has 9 nitrogen and oxygen atoms in total. The summed E-state index contributed by atoms with van der Waals surface area (Å²) in [4.78, 5) is 39.4. The van der Waals surface area contributed by atoms with Gasteiger partial charge in [0.15, 0.2) is 0 Å². The van der Waals surface area contributed by atoms with Crippen LogP contribution in [0.1, 0.15) is 18.5 Å². The van der Waals surface area contributed by atoms with E-state index in [1.165, 1.54) is 0 Å². The van der Waals surface area contributed by atoms with Gasteiger partial charge in [0, 0.05) is 24.0 Å². The van der Waals surface area contributed by atoms with Gasteiger partial charge in [-0.1, -0.05) is 36.4 Å². The molecule has 0 saturated heterocycles. The van der Waals surface area contributed by atoms with Gasteiger partial charge in [-0.25, -0.2) is 9.59 Å². The fourth-order valence-electron chi connectivity index (χ4n) is 3.56. The van der Waals surface area contributed by atoms with Gasteiger partial charge in [-0.05, 0) is 31.7 Å². The van der Waals surface area contributed by atoms with Crippen LogP contribution in [-0.2, 0) is 14.3 Å². The number of urea groups is 1. The van der Waals surface area contributed by atoms with E-state index in [0.29, 0.717) is 22.7 Å². The highest BCUT2D eigenvalue weighted by Gasteiger charge is 2.34. The number of amides is 3. The van der Waals surface area contributed by atoms with Gasteiger partial charge in [0.2, 0.25) is 5.91 Å². The van der Waals surface area contributed by atoms with Crippen LogP contribution in [0.3, 0.4) is 0 Å². The number of hydrogen-bond acceptors (Lipinski definition) is 6. The lowest BCUT2D eigenvalue weighted by atomic mass is 9.95. The van der Waals surface area contributed by atoms with E-state index < -0.39 is 18.0 Å². The minimum absolute atomic E-state index is 0.0378. The zero-order valence-corrected chi connectivity index (χ0v) is 18.9. The van der Waals surface area contributed by atoms with Crippen LogP contribution in [0, 0.1) is 0 Å². The Balaban J connectivity index is 1.78. The van der Waals surface area contributed by atoms with E-state index in [1.807, 2.05) is 30.3 Å². The molecule has 0 radical (unpaired) electrons. The largest absolute Gasteiger partial charge is 0.497 e. The highest BCUT2D eigenvalue weighted by atomic mass is 16.5. The van der Waals surface area contributed by atoms with E-state index >= 15 is 0 Å². The molecule has 3 N–H and O–H groups in total. The number of likely N-dealkylation sites (N-methyl/N-ethyl adjacent to an activating group) is 1. The van der Waals surface area contributed by atoms with E-state index in [-0.39, 0.29) is 25.6 Å². The first-order chi connectivity index (χ1) is 15.9. The number of anilines is 1. The third-order valence-electron chi connectivity index (χ3n) is 4.98. The summed E-state index contributed by atoms with van der Waals surface area (Å²) in [6, 6.07) is 15.1. The highest BCUT2D eigenvalue weighted by molar-refractivity contribution is 5.95. The Morgan fingerprint density at radius 1 is 1.12 bits per heavy atom. The molecule has 3 rings (SSSR count). The van der Waals surface area contributed by atoms with Gasteiger partial charge in [-0.3, -0.25) is 9.69 Å². The number of nitrogens with one attached hydrogen (secondary N) is 3. The summed E-state index contributed by atoms with van der Waals surface area (Å²) in [6.45, 7) is 2.12. The van der Waals surface area contributed by atoms with Crippen LogP contribution >= 0.6 is 0 Å². The molecule has 1 aliphatic rings. The number of ether oxygens (including phenoxy) is 2. The van der Waals surface area contributed by atoms with E-state index in [4.69, 9.17) is 9.47 Å². The summed E-state index contributed by atoms with van der Waals surface area (Å²) < 4.78 is 10.4. The van der Waals surface area contributed by atoms with Crippen molar-refractivity contribution in [2.75, 3.05) is 39.2 Å². The molecule has 0 aromatic heterocycles. The van der Waals surface area contributed by atoms with Crippen molar-refractivity contribution >= 4 is 23.6 Å². The van der Waals surface area contributed by atoms with Crippen LogP contribution in [0.5, 0.6) is 5.75 Å². The molecule has 3 amide bonds. The number of carbonyl (C=O) groups is 3. The van der Waals surface area contributed by atoms with Crippen molar-refractivity contribution in [1.82, 2.24) is 15.5 Å². The number of rotatable bonds is 9. The molecule has 33 heavy (non-hydrogen) atoms. The monoisotopic (exact) mass is 452 g/mol. The van der Waals surface area contributed by atoms with E-state index in [1.54, 1.807) is 50.2 Å². The molecule has 0 fully saturated rings. The van der Waals surface area contributed by atoms with Crippen molar-refractivity contribution < 1.29 is 23.9 Å². The van der Waals surface area contributed by atoms with Gasteiger partial charge in [0.25, 0.3) is 0 Å². The number of benzene rings is 2. The van der Waals surface area contributed by atoms with Crippen LogP contribution in [0.2, 0.25) is 0 Å². The van der Waals surface area contributed by atoms with Crippen LogP contribution < -0.4 is 20.7 Å². The normalized spacial score (nSPS) is 15.5. The van der Waals surface area contributed by atoms with Gasteiger partial charge in [-0.2, -0.15) is 0 Å². The van der Waals surface area contributed by atoms with Gasteiger partial charge in [-0.15, -0.1) is 0 Å². The van der Waals surface area contributed by atoms with E-state index in [0.717, 1.165) is 5.56 Å². The molecule has 1 heterocycles. The zero-order valence-electron chi connectivity index (χ0n) is 18.9. The standard InChI is InChI=1S/C24H28N4O5/c1-4-33-23(30)21-19(26-24(31)27-22(21)16-9-6-5-7-10-16)14-28(2)15-20(29)25-17-11-8-12-18(13-17)32-3/h5-13,22H,4,14-15H2,1-3H3,(H,25,29)(H2,26,27,31). The first-order valence-corrected chi connectivity index (χ1v) is 10.6. The topological polar surface area (TPSA) is 109 Å². The Kier molecular flexibility index (Phi) is 8.04. The first-order valence-electron chi connectivity index (χ1n) is 10.6. The van der Waals surface area contributed by atoms with Gasteiger partial charge in [0.1, 0.15) is 5.75 Å². The average Bonchev–Trinajstić information content (AvgIpc) is 2.79. The van der Waals surface area contributed by atoms with Crippen molar-refractivity contribution in [3.63, 3.8) is 0 Å². The molecule has 1 atom stereocenters. The quantitative estimate of drug-likeness (QED) is 0.505. The van der Waals surface area contributed by atoms with Crippen LogP contribution in [0.15, 0.2) is 65.9 Å². The molecule has 1 aliphatic heterocycles. The third kappa shape index (κ3) is 6.33. The molecule has 2 aromatic rings. The smallest absolute Gasteiger partial charge is 0.338 e. The van der Waals surface area contributed by atoms with Crippen molar-refractivity contribution in [1.29, 1.82) is 0 Å². The van der Waals surface area contributed by atoms with Gasteiger partial charge in [0.05, 0.1) is 31.9 Å². The molecule has 0 aliphatic carbocycles. The van der Waals surface area contributed by atoms with E-state index in [9.17, 15) is 14.4 Å². The summed E-state index contributed by atoms with van der Waals surface area (Å²) in [5, 5.41) is 8.32. The van der Waals surface area contributed by atoms with Crippen LogP contribution in [0.4, 0.5) is 10.5 Å². The van der Waals surface area contributed by atoms with Crippen LogP contribution in [0.25, 0.3) is 0 Å². The minimum atomic E-state index is -0.659. The fourth-order valence-corrected chi connectivity index (χ4v) is 3.56. The predicted molar refractivity (Wildman–Crippen MR) is 124 cm³/mol. The number of hydrogen-bond donors (Lipinski definition) is 3. The Morgan fingerprint density at radius 2 is 1.88 bits per heavy atom. The van der Waals surface area contributed by atoms with Crippen molar-refractivity contribution in [2.24, 2.45) is 0 Å². The number of methoxy groups -OCH3 is 1. The average molecular weight is 453 g/mol. The third-order valence-corrected chi connectivity index (χ3v) is 4.98. The van der Waals surface area contributed by atoms with Gasteiger partial charge < -0.3 is 25.4 Å². The molecule has 174 valence electrons. The number of nitrogens with zero attached hydrogens (tertiary/aromatic N) is 1. The Labute approximate surface area is 192 Å². The molecule has 1 unspecified atom stereocenters. The summed E-state index contributed by atoms with van der Waals surface area (Å²) >= 11 is 0. The zero-order chi connectivity index (χ0) is 23.8. The lowest BCUT2D eigenvalue weighted by Gasteiger charge is -2.31. The minimum Gasteiger partial charge on any atom is -0.497 e. The molecule has 2 aromatic carbocycles. The predicted octanol–water partition coefficient (Wildman–Crippen LogP) is 2.44. The first kappa shape index (κ1) is 23.8. The second-order valence-electron chi connectivity index (χ2n) is 7.51. The molecule has 0 spiro atoms. The van der Waals surface area contributed by atoms with Gasteiger partial charge >= 0.3 is 12.0 Å². The summed E-state index contributed by atoms with van der Waals surface area (Å²) in [5.74, 6) is -0.137. The molecule has 0 saturated carbocycles. The lowest BCUT2D eigenvalue weighted by molar-refractivity contribution is -0.139. The van der Waals surface area contributed by atoms with E-state index in [2.05, 4.69) is 16.0 Å². The molecule has 0 bridgehead atoms. The van der Waals surface area contributed by atoms with Crippen molar-refractivity contribution in [2.45, 2.75) is 13.0 Å².